The molecule has 0 radical (unpaired) electrons. The highest BCUT2D eigenvalue weighted by Gasteiger charge is 2.00. The number of rotatable bonds is 4. The Kier molecular flexibility index (Phi) is 3.88. The molecule has 0 bridgehead atoms. The molecule has 0 spiro atoms. The molecule has 19 heavy (non-hydrogen) atoms. The van der Waals surface area contributed by atoms with Gasteiger partial charge in [-0.3, -0.25) is 10.2 Å². The first-order valence-corrected chi connectivity index (χ1v) is 5.89. The lowest BCUT2D eigenvalue weighted by molar-refractivity contribution is 0.104. The Morgan fingerprint density at radius 1 is 1.00 bits per heavy atom. The summed E-state index contributed by atoms with van der Waals surface area (Å²) in [4.78, 5) is 11.9. The van der Waals surface area contributed by atoms with Crippen LogP contribution in [0.25, 0.3) is 6.08 Å². The zero-order chi connectivity index (χ0) is 13.7. The smallest absolute Gasteiger partial charge is 0.185 e. The van der Waals surface area contributed by atoms with E-state index in [0.717, 1.165) is 5.56 Å². The van der Waals surface area contributed by atoms with Gasteiger partial charge in [0.15, 0.2) is 5.78 Å². The van der Waals surface area contributed by atoms with Crippen LogP contribution in [0.5, 0.6) is 0 Å². The topological polar surface area (TPSA) is 66.9 Å². The Bertz CT molecular complexity index is 630. The number of hydrogen-bond acceptors (Lipinski definition) is 2. The number of nitrogens with two attached hydrogens (primary N) is 1. The first kappa shape index (κ1) is 12.8. The van der Waals surface area contributed by atoms with Gasteiger partial charge < -0.3 is 5.73 Å². The third-order valence-corrected chi connectivity index (χ3v) is 2.68. The largest absolute Gasteiger partial charge is 0.384 e. The fraction of sp³-hybridized carbons (Fsp3) is 0. The molecule has 0 fully saturated rings. The maximum absolute atomic E-state index is 11.9. The lowest BCUT2D eigenvalue weighted by atomic mass is 10.1. The Morgan fingerprint density at radius 3 is 2.37 bits per heavy atom. The van der Waals surface area contributed by atoms with Crippen LogP contribution < -0.4 is 5.73 Å². The summed E-state index contributed by atoms with van der Waals surface area (Å²) in [6.45, 7) is 0. The van der Waals surface area contributed by atoms with E-state index in [1.807, 2.05) is 30.3 Å². The number of hydrogen-bond donors (Lipinski definition) is 2. The van der Waals surface area contributed by atoms with Gasteiger partial charge in [-0.05, 0) is 17.7 Å². The Hall–Kier alpha value is -2.68. The molecule has 0 saturated carbocycles. The molecule has 2 rings (SSSR count). The zero-order valence-corrected chi connectivity index (χ0v) is 10.3. The van der Waals surface area contributed by atoms with Gasteiger partial charge in [-0.15, -0.1) is 0 Å². The number of ketones is 1. The summed E-state index contributed by atoms with van der Waals surface area (Å²) in [6, 6.07) is 16.3. The van der Waals surface area contributed by atoms with Crippen molar-refractivity contribution in [3.63, 3.8) is 0 Å². The molecule has 0 heterocycles. The van der Waals surface area contributed by atoms with E-state index in [-0.39, 0.29) is 11.6 Å². The van der Waals surface area contributed by atoms with Crippen LogP contribution in [0.3, 0.4) is 0 Å². The summed E-state index contributed by atoms with van der Waals surface area (Å²) in [5, 5.41) is 7.37. The Labute approximate surface area is 111 Å². The summed E-state index contributed by atoms with van der Waals surface area (Å²) in [6.07, 6.45) is 3.25. The van der Waals surface area contributed by atoms with Gasteiger partial charge in [-0.1, -0.05) is 54.6 Å². The summed E-state index contributed by atoms with van der Waals surface area (Å²) in [5.74, 6) is -0.0292. The highest BCUT2D eigenvalue weighted by Crippen LogP contribution is 2.08. The second-order valence-corrected chi connectivity index (χ2v) is 4.10. The van der Waals surface area contributed by atoms with Crippen molar-refractivity contribution in [1.29, 1.82) is 5.41 Å². The van der Waals surface area contributed by atoms with Crippen LogP contribution in [0.4, 0.5) is 0 Å². The monoisotopic (exact) mass is 250 g/mol. The summed E-state index contributed by atoms with van der Waals surface area (Å²) in [7, 11) is 0. The summed E-state index contributed by atoms with van der Waals surface area (Å²) in [5.41, 5.74) is 7.57. The van der Waals surface area contributed by atoms with Gasteiger partial charge >= 0.3 is 0 Å². The molecule has 0 aliphatic carbocycles. The molecular weight excluding hydrogens is 236 g/mol. The van der Waals surface area contributed by atoms with E-state index in [2.05, 4.69) is 0 Å². The van der Waals surface area contributed by atoms with E-state index in [1.165, 1.54) is 6.08 Å². The van der Waals surface area contributed by atoms with Gasteiger partial charge in [0.25, 0.3) is 0 Å². The molecule has 94 valence electrons. The molecule has 0 atom stereocenters. The zero-order valence-electron chi connectivity index (χ0n) is 10.3. The van der Waals surface area contributed by atoms with Gasteiger partial charge in [0.2, 0.25) is 0 Å². The van der Waals surface area contributed by atoms with Crippen LogP contribution in [0.2, 0.25) is 0 Å². The van der Waals surface area contributed by atoms with Crippen molar-refractivity contribution in [1.82, 2.24) is 0 Å². The van der Waals surface area contributed by atoms with Gasteiger partial charge in [0.05, 0.1) is 0 Å². The molecule has 0 aliphatic heterocycles. The number of carbonyl (C=O) groups excluding carboxylic acids is 1. The molecular formula is C16H14N2O. The fourth-order valence-corrected chi connectivity index (χ4v) is 1.68. The number of nitrogen functional groups attached to an aromatic ring is 1. The normalized spacial score (nSPS) is 10.5. The summed E-state index contributed by atoms with van der Waals surface area (Å²) >= 11 is 0. The summed E-state index contributed by atoms with van der Waals surface area (Å²) < 4.78 is 0. The second kappa shape index (κ2) is 5.78. The van der Waals surface area contributed by atoms with E-state index < -0.39 is 0 Å². The predicted octanol–water partition coefficient (Wildman–Crippen LogP) is 2.87. The van der Waals surface area contributed by atoms with Crippen molar-refractivity contribution < 1.29 is 4.79 Å². The SMILES string of the molecule is N=C(N)c1cccc(/C=C/C(=O)c2ccccc2)c1. The minimum atomic E-state index is -0.0474. The molecule has 0 unspecified atom stereocenters. The number of carbonyl (C=O) groups is 1. The predicted molar refractivity (Wildman–Crippen MR) is 77.3 cm³/mol. The lowest BCUT2D eigenvalue weighted by Gasteiger charge is -1.99. The molecule has 2 aromatic carbocycles. The minimum Gasteiger partial charge on any atom is -0.384 e. The maximum atomic E-state index is 11.9. The van der Waals surface area contributed by atoms with Crippen LogP contribution in [-0.4, -0.2) is 11.6 Å². The van der Waals surface area contributed by atoms with Crippen LogP contribution in [0.15, 0.2) is 60.7 Å². The van der Waals surface area contributed by atoms with Crippen LogP contribution >= 0.6 is 0 Å². The van der Waals surface area contributed by atoms with E-state index in [4.69, 9.17) is 11.1 Å². The molecule has 0 aromatic heterocycles. The van der Waals surface area contributed by atoms with E-state index in [0.29, 0.717) is 11.1 Å². The van der Waals surface area contributed by atoms with Crippen LogP contribution in [0.1, 0.15) is 21.5 Å². The number of benzene rings is 2. The van der Waals surface area contributed by atoms with E-state index >= 15 is 0 Å². The fourth-order valence-electron chi connectivity index (χ4n) is 1.68. The van der Waals surface area contributed by atoms with E-state index in [9.17, 15) is 4.79 Å². The van der Waals surface area contributed by atoms with Crippen molar-refractivity contribution in [3.8, 4) is 0 Å². The van der Waals surface area contributed by atoms with Gasteiger partial charge in [-0.2, -0.15) is 0 Å². The average Bonchev–Trinajstić information content (AvgIpc) is 2.46. The van der Waals surface area contributed by atoms with Gasteiger partial charge in [-0.25, -0.2) is 0 Å². The number of nitrogens with one attached hydrogen (secondary N) is 1. The molecule has 3 nitrogen and oxygen atoms in total. The van der Waals surface area contributed by atoms with Crippen molar-refractivity contribution >= 4 is 17.7 Å². The van der Waals surface area contributed by atoms with Crippen LogP contribution in [0, 0.1) is 5.41 Å². The Morgan fingerprint density at radius 2 is 1.68 bits per heavy atom. The van der Waals surface area contributed by atoms with Crippen molar-refractivity contribution in [3.05, 3.63) is 77.4 Å². The first-order chi connectivity index (χ1) is 9.16. The standard InChI is InChI=1S/C16H14N2O/c17-16(18)14-8-4-5-12(11-14)9-10-15(19)13-6-2-1-3-7-13/h1-11H,(H3,17,18)/b10-9+. The third-order valence-electron chi connectivity index (χ3n) is 2.68. The molecule has 3 N–H and O–H groups in total. The highest BCUT2D eigenvalue weighted by molar-refractivity contribution is 6.06. The second-order valence-electron chi connectivity index (χ2n) is 4.10. The molecule has 0 amide bonds. The quantitative estimate of drug-likeness (QED) is 0.379. The van der Waals surface area contributed by atoms with Gasteiger partial charge in [0, 0.05) is 11.1 Å². The van der Waals surface area contributed by atoms with Crippen LogP contribution in [-0.2, 0) is 0 Å². The number of allylic oxidation sites excluding steroid dienone is 1. The third kappa shape index (κ3) is 3.39. The number of amidine groups is 1. The van der Waals surface area contributed by atoms with Crippen molar-refractivity contribution in [2.45, 2.75) is 0 Å². The first-order valence-electron chi connectivity index (χ1n) is 5.89. The van der Waals surface area contributed by atoms with Gasteiger partial charge in [0.1, 0.15) is 5.84 Å². The van der Waals surface area contributed by atoms with Crippen molar-refractivity contribution in [2.24, 2.45) is 5.73 Å². The lowest BCUT2D eigenvalue weighted by Crippen LogP contribution is -2.10. The van der Waals surface area contributed by atoms with E-state index in [1.54, 1.807) is 30.3 Å². The molecule has 2 aromatic rings. The highest BCUT2D eigenvalue weighted by atomic mass is 16.1. The molecule has 0 saturated heterocycles. The Balaban J connectivity index is 2.17. The molecule has 3 heteroatoms. The maximum Gasteiger partial charge on any atom is 0.185 e. The molecule has 0 aliphatic rings. The van der Waals surface area contributed by atoms with Crippen molar-refractivity contribution in [2.75, 3.05) is 0 Å². The average molecular weight is 250 g/mol. The minimum absolute atomic E-state index is 0.0182.